The number of phenolic OH excluding ortho intramolecular Hbond substituents is 1. The van der Waals surface area contributed by atoms with E-state index in [2.05, 4.69) is 63.0 Å². The number of H-pyrrole nitrogens is 1. The first-order valence-electron chi connectivity index (χ1n) is 37.2. The van der Waals surface area contributed by atoms with E-state index in [0.29, 0.717) is 71.6 Å². The molecule has 3 aromatic carbocycles. The normalized spacial score (nSPS) is 23.1. The van der Waals surface area contributed by atoms with Gasteiger partial charge in [-0.15, -0.1) is 0 Å². The Balaban J connectivity index is 1.34. The lowest BCUT2D eigenvalue weighted by Gasteiger charge is -2.30. The SMILES string of the molecule is CC[C@H](C)[C@@H]1NC(=O)[C@H](CC(=O)O)NC(=O)[C@H](CCOC)NC(=O)[C@@H]2CCCN2C(=O)[C@H](C)NC(=O)[C@H](CCCN=C(N)N)NC(=O)C=NOCCCCCCOc2cc(CSC)cc(c2)CSC[C@@H](C(N)=O)NC(=O)[C@H](CCC(=O)O)NC(=O)[C@H](CCc2ccc(O)cc2)NC(=O)[C@H](Cc2c[nH]c3ccccc23)NC1=O. The van der Waals surface area contributed by atoms with Crippen LogP contribution in [0.4, 0.5) is 0 Å². The summed E-state index contributed by atoms with van der Waals surface area (Å²) in [5, 5.41) is 58.1. The van der Waals surface area contributed by atoms with Gasteiger partial charge in [0.05, 0.1) is 13.0 Å². The van der Waals surface area contributed by atoms with Gasteiger partial charge in [0.2, 0.25) is 59.1 Å². The van der Waals surface area contributed by atoms with E-state index in [1.54, 1.807) is 68.2 Å². The molecule has 35 nitrogen and oxygen atoms in total. The summed E-state index contributed by atoms with van der Waals surface area (Å²) in [5.41, 5.74) is 20.4. The number of aliphatic carboxylic acids is 2. The average Bonchev–Trinajstić information content (AvgIpc) is 1.66. The van der Waals surface area contributed by atoms with E-state index in [4.69, 9.17) is 31.5 Å². The molecule has 2 aliphatic rings. The number of aromatic hydroxyl groups is 1. The molecule has 37 heteroatoms. The van der Waals surface area contributed by atoms with Crippen LogP contribution in [0.3, 0.4) is 0 Å². The lowest BCUT2D eigenvalue weighted by Crippen LogP contribution is -2.61. The molecule has 0 radical (unpaired) electrons. The maximum atomic E-state index is 15.2. The summed E-state index contributed by atoms with van der Waals surface area (Å²) in [6.45, 7) is 5.15. The number of oxime groups is 1. The van der Waals surface area contributed by atoms with E-state index >= 15 is 9.59 Å². The Labute approximate surface area is 657 Å². The molecule has 2 bridgehead atoms. The number of ether oxygens (including phenoxy) is 2. The van der Waals surface area contributed by atoms with Gasteiger partial charge >= 0.3 is 11.9 Å². The van der Waals surface area contributed by atoms with Crippen molar-refractivity contribution >= 4 is 124 Å². The van der Waals surface area contributed by atoms with E-state index < -0.39 is 163 Å². The third-order valence-corrected chi connectivity index (χ3v) is 20.4. The number of aryl methyl sites for hydroxylation is 1. The number of fused-ring (bicyclic) bond motifs is 4. The molecule has 112 heavy (non-hydrogen) atoms. The number of nitrogens with zero attached hydrogens (tertiary/aromatic N) is 3. The highest BCUT2D eigenvalue weighted by atomic mass is 32.2. The van der Waals surface area contributed by atoms with Gasteiger partial charge in [-0.05, 0) is 149 Å². The van der Waals surface area contributed by atoms with Crippen molar-refractivity contribution in [1.82, 2.24) is 57.7 Å². The topological polar surface area (TPSA) is 540 Å². The summed E-state index contributed by atoms with van der Waals surface area (Å²) >= 11 is 2.85. The molecule has 6 rings (SSSR count). The monoisotopic (exact) mass is 1600 g/mol. The van der Waals surface area contributed by atoms with Gasteiger partial charge in [-0.2, -0.15) is 23.5 Å². The summed E-state index contributed by atoms with van der Waals surface area (Å²) in [5.74, 6) is -12.6. The highest BCUT2D eigenvalue weighted by Gasteiger charge is 2.41. The molecule has 612 valence electrons. The summed E-state index contributed by atoms with van der Waals surface area (Å²) in [6, 6.07) is 3.86. The Morgan fingerprint density at radius 2 is 1.34 bits per heavy atom. The minimum Gasteiger partial charge on any atom is -0.508 e. The number of para-hydroxylation sites is 1. The van der Waals surface area contributed by atoms with Crippen LogP contribution in [-0.2, 0) is 96.3 Å². The first-order valence-corrected chi connectivity index (χ1v) is 39.7. The second kappa shape index (κ2) is 46.9. The smallest absolute Gasteiger partial charge is 0.305 e. The number of guanidine groups is 1. The van der Waals surface area contributed by atoms with Crippen molar-refractivity contribution in [3.05, 3.63) is 95.2 Å². The van der Waals surface area contributed by atoms with E-state index in [0.717, 1.165) is 23.8 Å². The number of carboxylic acid groups (broad SMARTS) is 2. The van der Waals surface area contributed by atoms with E-state index in [-0.39, 0.29) is 95.1 Å². The Morgan fingerprint density at radius 1 is 0.705 bits per heavy atom. The van der Waals surface area contributed by atoms with Crippen LogP contribution in [0.5, 0.6) is 11.5 Å². The Morgan fingerprint density at radius 3 is 2.02 bits per heavy atom. The molecule has 0 spiro atoms. The minimum atomic E-state index is -1.93. The van der Waals surface area contributed by atoms with E-state index in [9.17, 15) is 68.1 Å². The van der Waals surface area contributed by atoms with E-state index in [1.807, 2.05) is 24.5 Å². The van der Waals surface area contributed by atoms with Gasteiger partial charge in [0, 0.05) is 74.0 Å². The van der Waals surface area contributed by atoms with Crippen LogP contribution < -0.4 is 69.8 Å². The maximum absolute atomic E-state index is 15.2. The van der Waals surface area contributed by atoms with Crippen LogP contribution >= 0.6 is 23.5 Å². The number of methoxy groups -OCH3 is 1. The number of nitrogens with one attached hydrogen (secondary N) is 10. The predicted molar refractivity (Wildman–Crippen MR) is 419 cm³/mol. The standard InChI is InChI=1S/C75H106N16O19S2/c1-6-43(2)64-73(106)88-57(36-48-38-80-52-16-10-9-15-51(48)52)70(103)85-54(24-21-45-19-22-49(92)23-20-45)67(100)84-55(25-26-62(94)95)68(101)89-59(65(76)98)42-112-41-47-33-46(40-111-5)34-50(35-47)109-30-11-7-8-12-31-110-81-39-61(93)83-53(17-13-28-79-75(77)78)66(99)82-44(3)74(107)91-29-14-18-60(91)72(105)86-56(27-32-108-4)69(102)87-58(37-63(96)97)71(104)90-64/h9-10,15-16,19-20,22-23,33-35,38-39,43-44,53-60,64,80,92H,6-8,11-14,17-18,21,24-32,36-37,40-42H2,1-5H3,(H2,76,98)(H,82,99)(H,83,93)(H,84,100)(H,85,103)(H,86,105)(H,87,102)(H,88,106)(H,89,101)(H,90,104)(H,94,95)(H,96,97)(H4,77,78,79)/t43-,44-,53-,54-,55-,56-,57-,58-,59-,60-,64-/m0/s1. The number of rotatable bonds is 22. The summed E-state index contributed by atoms with van der Waals surface area (Å²) in [4.78, 5) is 196. The lowest BCUT2D eigenvalue weighted by molar-refractivity contribution is -0.143. The molecular formula is C75H106N16O19S2. The molecule has 4 aromatic rings. The molecule has 11 amide bonds. The van der Waals surface area contributed by atoms with E-state index in [1.165, 1.54) is 42.8 Å². The van der Waals surface area contributed by atoms with Crippen LogP contribution in [-0.4, -0.2) is 227 Å². The molecule has 3 heterocycles. The number of carboxylic acids is 2. The zero-order valence-electron chi connectivity index (χ0n) is 63.6. The molecule has 1 fully saturated rings. The number of carbonyl (C=O) groups is 13. The molecule has 0 aliphatic carbocycles. The highest BCUT2D eigenvalue weighted by Crippen LogP contribution is 2.26. The zero-order valence-corrected chi connectivity index (χ0v) is 65.2. The molecule has 2 aliphatic heterocycles. The third kappa shape index (κ3) is 30.2. The number of hydrogen-bond donors (Lipinski definition) is 16. The summed E-state index contributed by atoms with van der Waals surface area (Å²) in [7, 11) is 1.32. The number of aromatic nitrogens is 1. The number of carbonyl (C=O) groups excluding carboxylic acids is 11. The van der Waals surface area contributed by atoms with Crippen molar-refractivity contribution in [2.45, 2.75) is 195 Å². The fraction of sp³-hybridized carbons (Fsp3) is 0.533. The molecular weight excluding hydrogens is 1490 g/mol. The van der Waals surface area contributed by atoms with Gasteiger partial charge in [-0.25, -0.2) is 0 Å². The second-order valence-corrected chi connectivity index (χ2v) is 29.3. The number of phenols is 1. The zero-order chi connectivity index (χ0) is 81.8. The van der Waals surface area contributed by atoms with Gasteiger partial charge in [0.25, 0.3) is 5.91 Å². The predicted octanol–water partition coefficient (Wildman–Crippen LogP) is 1.14. The second-order valence-electron chi connectivity index (χ2n) is 27.4. The lowest BCUT2D eigenvalue weighted by atomic mass is 9.96. The van der Waals surface area contributed by atoms with Crippen molar-refractivity contribution in [3.63, 3.8) is 0 Å². The summed E-state index contributed by atoms with van der Waals surface area (Å²) in [6.07, 6.45) is 5.07. The molecule has 19 N–H and O–H groups in total. The number of hydrogen-bond acceptors (Lipinski definition) is 21. The Hall–Kier alpha value is -10.7. The largest absolute Gasteiger partial charge is 0.508 e. The Bertz CT molecular complexity index is 3940. The van der Waals surface area contributed by atoms with Crippen LogP contribution in [0.1, 0.15) is 133 Å². The number of primary amides is 1. The fourth-order valence-corrected chi connectivity index (χ4v) is 14.0. The number of amides is 11. The van der Waals surface area contributed by atoms with Gasteiger partial charge in [-0.1, -0.05) is 61.8 Å². The van der Waals surface area contributed by atoms with Gasteiger partial charge < -0.3 is 105 Å². The first-order chi connectivity index (χ1) is 53.6. The maximum Gasteiger partial charge on any atom is 0.305 e. The van der Waals surface area contributed by atoms with Crippen molar-refractivity contribution in [1.29, 1.82) is 0 Å². The average molecular weight is 1600 g/mol. The third-order valence-electron chi connectivity index (χ3n) is 18.7. The molecule has 0 unspecified atom stereocenters. The van der Waals surface area contributed by atoms with Crippen molar-refractivity contribution in [3.8, 4) is 11.5 Å². The molecule has 11 atom stereocenters. The van der Waals surface area contributed by atoms with Crippen molar-refractivity contribution < 1.29 is 92.0 Å². The number of benzene rings is 3. The van der Waals surface area contributed by atoms with Gasteiger partial charge in [0.1, 0.15) is 84.7 Å². The van der Waals surface area contributed by atoms with Gasteiger partial charge in [0.15, 0.2) is 5.96 Å². The van der Waals surface area contributed by atoms with Crippen LogP contribution in [0, 0.1) is 5.92 Å². The number of nitrogens with two attached hydrogens (primary N) is 3. The van der Waals surface area contributed by atoms with Crippen molar-refractivity contribution in [2.75, 3.05) is 52.0 Å². The fourth-order valence-electron chi connectivity index (χ4n) is 12.5. The van der Waals surface area contributed by atoms with Crippen LogP contribution in [0.15, 0.2) is 83.1 Å². The number of aromatic amines is 1. The number of aliphatic imine (C=N–C) groups is 1. The first kappa shape index (κ1) is 90.2. The van der Waals surface area contributed by atoms with Crippen molar-refractivity contribution in [2.24, 2.45) is 33.3 Å². The molecule has 0 saturated carbocycles. The molecule has 1 aromatic heterocycles. The quantitative estimate of drug-likeness (QED) is 0.0298. The van der Waals surface area contributed by atoms with Gasteiger partial charge in [-0.3, -0.25) is 67.3 Å². The highest BCUT2D eigenvalue weighted by molar-refractivity contribution is 7.98. The molecule has 1 saturated heterocycles. The van der Waals surface area contributed by atoms with Crippen LogP contribution in [0.25, 0.3) is 10.9 Å². The number of thioether (sulfide) groups is 2. The minimum absolute atomic E-state index is 0.00451. The van der Waals surface area contributed by atoms with Crippen LogP contribution in [0.2, 0.25) is 0 Å². The Kier molecular flexibility index (Phi) is 37.7. The summed E-state index contributed by atoms with van der Waals surface area (Å²) < 4.78 is 11.5.